The molecule has 5 heterocycles. The highest BCUT2D eigenvalue weighted by Crippen LogP contribution is 2.28. The number of amides is 17. The minimum absolute atomic E-state index is 0.0163. The molecule has 23 N–H and O–H groups in total. The van der Waals surface area contributed by atoms with Gasteiger partial charge < -0.3 is 125 Å². The van der Waals surface area contributed by atoms with E-state index in [4.69, 9.17) is 34.2 Å². The first-order valence-electron chi connectivity index (χ1n) is 46.0. The number of halogens is 1. The van der Waals surface area contributed by atoms with Gasteiger partial charge in [0, 0.05) is 130 Å². The zero-order valence-corrected chi connectivity index (χ0v) is 80.1. The fourth-order valence-electron chi connectivity index (χ4n) is 16.6. The number of carbonyl (C=O) groups is 17. The van der Waals surface area contributed by atoms with Crippen molar-refractivity contribution < 1.29 is 91.7 Å². The minimum atomic E-state index is -1.89. The van der Waals surface area contributed by atoms with Gasteiger partial charge in [-0.15, -0.1) is 0 Å². The van der Waals surface area contributed by atoms with Crippen LogP contribution in [0, 0.1) is 11.3 Å². The van der Waals surface area contributed by atoms with E-state index >= 15 is 33.6 Å². The van der Waals surface area contributed by atoms with Gasteiger partial charge in [-0.3, -0.25) is 86.9 Å². The average molecular weight is 1940 g/mol. The third-order valence-electron chi connectivity index (χ3n) is 24.2. The number of carbonyl (C=O) groups excluding carboxylic acids is 17. The zero-order chi connectivity index (χ0) is 100. The van der Waals surface area contributed by atoms with Crippen LogP contribution in [0.4, 0.5) is 0 Å². The van der Waals surface area contributed by atoms with Gasteiger partial charge in [-0.25, -0.2) is 4.98 Å². The molecular weight excluding hydrogens is 1810 g/mol. The molecule has 8 rings (SSSR count). The molecule has 6 aromatic rings. The molecule has 3 aromatic heterocycles. The van der Waals surface area contributed by atoms with Gasteiger partial charge in [0.2, 0.25) is 101 Å². The molecule has 2 aliphatic rings. The molecule has 2 fully saturated rings. The number of primary amides is 2. The zero-order valence-electron chi connectivity index (χ0n) is 78.6. The van der Waals surface area contributed by atoms with Crippen LogP contribution in [0.5, 0.6) is 0 Å². The molecule has 0 aliphatic carbocycles. The van der Waals surface area contributed by atoms with Crippen molar-refractivity contribution in [1.29, 1.82) is 5.41 Å². The Kier molecular flexibility index (Phi) is 42.5. The number of H-pyrrole nitrogens is 3. The largest absolute Gasteiger partial charge is 0.394 e. The molecule has 17 amide bonds. The van der Waals surface area contributed by atoms with Crippen molar-refractivity contribution in [2.75, 3.05) is 65.4 Å². The van der Waals surface area contributed by atoms with Crippen molar-refractivity contribution in [2.45, 2.75) is 241 Å². The number of unbranched alkanes of at least 4 members (excludes halogenated alkanes) is 2. The Morgan fingerprint density at radius 2 is 1.11 bits per heavy atom. The van der Waals surface area contributed by atoms with Gasteiger partial charge in [-0.1, -0.05) is 120 Å². The number of hydrogen-bond donors (Lipinski definition) is 20. The summed E-state index contributed by atoms with van der Waals surface area (Å²) in [5.74, 6) is -14.0. The van der Waals surface area contributed by atoms with Gasteiger partial charge >= 0.3 is 0 Å². The number of aliphatic hydroxyl groups is 2. The second-order valence-electron chi connectivity index (χ2n) is 34.8. The Bertz CT molecular complexity index is 5200. The summed E-state index contributed by atoms with van der Waals surface area (Å²) in [6.07, 6.45) is 5.22. The number of aliphatic hydroxyl groups excluding tert-OH is 2. The van der Waals surface area contributed by atoms with Crippen LogP contribution in [-0.4, -0.2) is 318 Å². The fourth-order valence-corrected chi connectivity index (χ4v) is 17.4. The Morgan fingerprint density at radius 1 is 0.569 bits per heavy atom. The molecule has 0 bridgehead atoms. The highest BCUT2D eigenvalue weighted by molar-refractivity contribution is 7.99. The smallest absolute Gasteiger partial charge is 0.246 e. The fraction of sp³-hybridized carbons (Fsp3) is 0.533. The van der Waals surface area contributed by atoms with E-state index in [-0.39, 0.29) is 101 Å². The molecule has 0 spiro atoms. The molecule has 2 unspecified atom stereocenters. The number of aromatic amines is 3. The Labute approximate surface area is 803 Å². The van der Waals surface area contributed by atoms with Crippen molar-refractivity contribution in [1.82, 2.24) is 103 Å². The van der Waals surface area contributed by atoms with E-state index in [1.165, 1.54) is 57.3 Å². The maximum atomic E-state index is 15.7. The van der Waals surface area contributed by atoms with Crippen LogP contribution in [0.15, 0.2) is 97.7 Å². The van der Waals surface area contributed by atoms with Crippen molar-refractivity contribution >= 4 is 152 Å². The topological polar surface area (TPSA) is 641 Å². The maximum absolute atomic E-state index is 15.7. The average Bonchev–Trinajstić information content (AvgIpc) is 1.72. The lowest BCUT2D eigenvalue weighted by atomic mass is 10.00. The minimum Gasteiger partial charge on any atom is -0.394 e. The number of benzene rings is 3. The Hall–Kier alpha value is -13.2. The van der Waals surface area contributed by atoms with E-state index in [1.807, 2.05) is 20.8 Å². The second kappa shape index (κ2) is 53.3. The molecule has 45 heteroatoms. The van der Waals surface area contributed by atoms with Crippen molar-refractivity contribution in [3.63, 3.8) is 0 Å². The molecule has 43 nitrogen and oxygen atoms in total. The third-order valence-corrected chi connectivity index (χ3v) is 25.4. The summed E-state index contributed by atoms with van der Waals surface area (Å²) in [7, 11) is 4.06. The number of nitrogens with zero attached hydrogens (tertiary/aromatic N) is 6. The Morgan fingerprint density at radius 3 is 1.69 bits per heavy atom. The lowest BCUT2D eigenvalue weighted by Crippen LogP contribution is -2.62. The predicted molar refractivity (Wildman–Crippen MR) is 510 cm³/mol. The molecule has 746 valence electrons. The van der Waals surface area contributed by atoms with E-state index in [0.717, 1.165) is 19.6 Å². The number of thioether (sulfide) groups is 1. The van der Waals surface area contributed by atoms with Crippen LogP contribution in [0.2, 0.25) is 5.02 Å². The lowest BCUT2D eigenvalue weighted by molar-refractivity contribution is -0.149. The number of para-hydroxylation sites is 2. The predicted octanol–water partition coefficient (Wildman–Crippen LogP) is -1.34. The molecular formula is C92H131ClN24O19S. The standard InChI is InChI=1S/C92H131ClN24O19S/c1-10-13-26-72(84(129)105-63(25-19-33-99-92(96)97)80(125)112-71(48-137-12-3)79(124)102-45-77(95)122)114(8)91(136)74(27-14-11-2)115(9)88(133)68(38-55-43-101-62-24-18-16-22-60(55)62)110-83(128)70(47-118)111-81(126)64(37-54-42-100-61-23-17-15-21-59(54)61)106-86(131)75-40-58(120)46-117(75)90(135)67(35-51(4)5)109-82(127)65(39-57-44-98-49-103-57)107-85(130)73-28-20-34-116(73)89(134)69(41-76(94)121)108-78(123)52(6)113(7)87(132)66(104-50-119)36-53-29-31-56(93)32-30-53/h15-18,21-24,29-32,42-44,49-52,58,63-75,100-101,118,120H,10-14,19-20,25-28,33-41,45-48H2,1-9H3,(H2,94,121)(H2,95,122)(H,98,103)(H,102,124)(H,104,119)(H,105,129)(H,106,131)(H,107,130)(H,108,123)(H,109,127)(H,110,128)(H,111,126)(H,112,125)(H4,96,97,99)/t52-,58+,63-,64-,65-,66-,67-,68-,69?,70-,71-,72-,73-,74-,75?/m0/s1. The summed E-state index contributed by atoms with van der Waals surface area (Å²) in [5.41, 5.74) is 19.8. The summed E-state index contributed by atoms with van der Waals surface area (Å²) in [6.45, 7) is 8.40. The number of guanidine groups is 1. The van der Waals surface area contributed by atoms with Gasteiger partial charge in [-0.2, -0.15) is 11.8 Å². The van der Waals surface area contributed by atoms with Crippen molar-refractivity contribution in [3.8, 4) is 0 Å². The number of hydrogen-bond acceptors (Lipinski definition) is 22. The molecule has 15 atom stereocenters. The summed E-state index contributed by atoms with van der Waals surface area (Å²) in [5, 5.41) is 61.3. The third kappa shape index (κ3) is 31.4. The molecule has 2 saturated heterocycles. The van der Waals surface area contributed by atoms with Crippen molar-refractivity contribution in [2.24, 2.45) is 23.1 Å². The summed E-state index contributed by atoms with van der Waals surface area (Å²) in [6, 6.07) is 0.408. The van der Waals surface area contributed by atoms with Gasteiger partial charge in [0.1, 0.15) is 84.6 Å². The molecule has 2 aliphatic heterocycles. The number of nitrogens with one attached hydrogen (secondary N) is 15. The molecule has 0 radical (unpaired) electrons. The van der Waals surface area contributed by atoms with Gasteiger partial charge in [0.05, 0.1) is 32.0 Å². The van der Waals surface area contributed by atoms with Gasteiger partial charge in [0.25, 0.3) is 0 Å². The van der Waals surface area contributed by atoms with Crippen LogP contribution in [0.1, 0.15) is 147 Å². The number of imidazole rings is 1. The summed E-state index contributed by atoms with van der Waals surface area (Å²) in [4.78, 5) is 262. The summed E-state index contributed by atoms with van der Waals surface area (Å²) >= 11 is 7.38. The van der Waals surface area contributed by atoms with E-state index in [9.17, 15) is 58.2 Å². The van der Waals surface area contributed by atoms with Crippen LogP contribution < -0.4 is 75.7 Å². The van der Waals surface area contributed by atoms with E-state index in [0.29, 0.717) is 87.1 Å². The highest BCUT2D eigenvalue weighted by Gasteiger charge is 2.47. The molecule has 0 saturated carbocycles. The van der Waals surface area contributed by atoms with Crippen molar-refractivity contribution in [3.05, 3.63) is 125 Å². The first-order chi connectivity index (χ1) is 65.3. The normalized spacial score (nSPS) is 16.7. The van der Waals surface area contributed by atoms with Crippen LogP contribution >= 0.6 is 23.4 Å². The van der Waals surface area contributed by atoms with Crippen LogP contribution in [-0.2, 0) is 107 Å². The van der Waals surface area contributed by atoms with Crippen LogP contribution in [0.25, 0.3) is 21.8 Å². The summed E-state index contributed by atoms with van der Waals surface area (Å²) < 4.78 is 0. The quantitative estimate of drug-likeness (QED) is 0.00909. The van der Waals surface area contributed by atoms with E-state index in [1.54, 1.807) is 99.0 Å². The number of rotatable bonds is 55. The highest BCUT2D eigenvalue weighted by atomic mass is 35.5. The van der Waals surface area contributed by atoms with E-state index < -0.39 is 218 Å². The first-order valence-corrected chi connectivity index (χ1v) is 47.5. The van der Waals surface area contributed by atoms with Gasteiger partial charge in [-0.05, 0) is 104 Å². The Balaban J connectivity index is 1.02. The monoisotopic (exact) mass is 1940 g/mol. The molecule has 137 heavy (non-hydrogen) atoms. The number of nitrogens with two attached hydrogens (primary N) is 3. The molecule has 3 aromatic carbocycles. The lowest BCUT2D eigenvalue weighted by Gasteiger charge is -2.36. The van der Waals surface area contributed by atoms with Crippen LogP contribution in [0.3, 0.4) is 0 Å². The number of likely N-dealkylation sites (N-methyl/N-ethyl adjacent to an activating group) is 3. The second-order valence-corrected chi connectivity index (χ2v) is 36.6. The SMILES string of the molecule is CCCC[C@@H](C(=O)N(C)[C@@H](CCCC)C(=O)N[C@@H](CCCNC(=N)N)C(=O)N[C@@H](CSCC)C(=O)NCC(N)=O)N(C)C(=O)[C@H](Cc1c[nH]c2ccccc12)NC(=O)[C@H](CO)NC(=O)[C@H](Cc1c[nH]c2ccccc12)NC(=O)C1C[C@@H](O)CN1C(=O)[C@H](CC(C)C)NC(=O)[C@H](Cc1cnc[nH]1)NC(=O)[C@@H]1CCCN1C(=O)C(CC(N)=O)NC(=O)[C@H](C)N(C)C(=O)[C@H](Cc1ccc(Cl)cc1)NC=O. The van der Waals surface area contributed by atoms with E-state index in [2.05, 4.69) is 78.4 Å². The number of aromatic nitrogens is 4. The maximum Gasteiger partial charge on any atom is 0.246 e. The first kappa shape index (κ1) is 109. The number of β-amino-alcohol motifs (C(OH)–C–C–N with tert-alkyl or cyclic N) is 1. The number of likely N-dealkylation sites (tertiary alicyclic amines) is 2. The number of fused-ring (bicyclic) bond motifs is 2. The van der Waals surface area contributed by atoms with Gasteiger partial charge in [0.15, 0.2) is 5.96 Å².